The molecule has 6 atom stereocenters. The second-order valence-corrected chi connectivity index (χ2v) is 17.2. The fourth-order valence-corrected chi connectivity index (χ4v) is 16.3. The van der Waals surface area contributed by atoms with E-state index in [1.54, 1.807) is 11.1 Å². The molecule has 2 heterocycles. The Labute approximate surface area is 226 Å². The van der Waals surface area contributed by atoms with E-state index in [1.807, 2.05) is 0 Å². The van der Waals surface area contributed by atoms with Crippen molar-refractivity contribution in [2.24, 2.45) is 0 Å². The van der Waals surface area contributed by atoms with Gasteiger partial charge in [-0.2, -0.15) is 0 Å². The number of benzene rings is 4. The Morgan fingerprint density at radius 1 is 0.514 bits per heavy atom. The Kier molecular flexibility index (Phi) is 7.65. The lowest BCUT2D eigenvalue weighted by Crippen LogP contribution is -2.13. The molecule has 0 bridgehead atoms. The molecule has 2 fully saturated rings. The van der Waals surface area contributed by atoms with Crippen LogP contribution in [0.1, 0.15) is 70.6 Å². The minimum atomic E-state index is -1.76. The molecule has 4 aromatic carbocycles. The highest BCUT2D eigenvalue weighted by atomic mass is 31.2. The van der Waals surface area contributed by atoms with Crippen molar-refractivity contribution < 1.29 is 0 Å². The van der Waals surface area contributed by atoms with E-state index in [2.05, 4.69) is 121 Å². The average molecular weight is 517 g/mol. The van der Waals surface area contributed by atoms with Crippen LogP contribution < -0.4 is 0 Å². The smallest absolute Gasteiger partial charge is 0.0878 e. The van der Waals surface area contributed by atoms with Gasteiger partial charge in [-0.3, -0.25) is 0 Å². The first-order valence-corrected chi connectivity index (χ1v) is 17.7. The molecule has 2 saturated heterocycles. The molecule has 0 amide bonds. The van der Waals surface area contributed by atoms with Crippen molar-refractivity contribution in [2.45, 2.75) is 48.3 Å². The van der Waals surface area contributed by atoms with Crippen molar-refractivity contribution in [3.63, 3.8) is 0 Å². The highest BCUT2D eigenvalue weighted by Gasteiger charge is 2.54. The highest BCUT2D eigenvalue weighted by Crippen LogP contribution is 2.83. The first-order chi connectivity index (χ1) is 18.2. The maximum Gasteiger partial charge on any atom is 0.366 e. The predicted molar refractivity (Wildman–Crippen MR) is 165 cm³/mol. The van der Waals surface area contributed by atoms with Gasteiger partial charge in [0, 0.05) is 23.6 Å². The molecule has 4 unspecified atom stereocenters. The van der Waals surface area contributed by atoms with Crippen LogP contribution >= 0.6 is 15.1 Å². The van der Waals surface area contributed by atoms with Crippen molar-refractivity contribution in [3.05, 3.63) is 144 Å². The molecule has 6 rings (SSSR count). The third-order valence-corrected chi connectivity index (χ3v) is 17.1. The van der Waals surface area contributed by atoms with Crippen molar-refractivity contribution in [3.8, 4) is 0 Å². The van der Waals surface area contributed by atoms with Crippen molar-refractivity contribution in [2.75, 3.05) is 12.3 Å². The molecule has 2 aliphatic heterocycles. The third kappa shape index (κ3) is 5.11. The van der Waals surface area contributed by atoms with Gasteiger partial charge < -0.3 is 0 Å². The maximum absolute atomic E-state index is 7.78. The SMILES string of the molecule is [B][P+]1(CCP2C(c3ccccc3)CC[C@@H]2c2ccccc2)C(c2ccccc2)CC[C@@H]1c1ccccc1. The summed E-state index contributed by atoms with van der Waals surface area (Å²) in [6.45, 7) is 0. The summed E-state index contributed by atoms with van der Waals surface area (Å²) in [4.78, 5) is 0. The summed E-state index contributed by atoms with van der Waals surface area (Å²) in [6.07, 6.45) is 7.52. The predicted octanol–water partition coefficient (Wildman–Crippen LogP) is 10.1. The van der Waals surface area contributed by atoms with Gasteiger partial charge >= 0.3 is 7.57 Å². The summed E-state index contributed by atoms with van der Waals surface area (Å²) in [7, 11) is 5.82. The molecule has 2 aliphatic rings. The average Bonchev–Trinajstić information content (AvgIpc) is 3.55. The molecule has 4 aromatic rings. The fourth-order valence-electron chi connectivity index (χ4n) is 7.10. The Morgan fingerprint density at radius 2 is 0.865 bits per heavy atom. The molecule has 2 radical (unpaired) electrons. The van der Waals surface area contributed by atoms with E-state index in [0.717, 1.165) is 0 Å². The minimum Gasteiger partial charge on any atom is -0.0878 e. The van der Waals surface area contributed by atoms with Gasteiger partial charge in [-0.15, -0.1) is 0 Å². The van der Waals surface area contributed by atoms with Crippen LogP contribution in [0.2, 0.25) is 0 Å². The zero-order valence-corrected chi connectivity index (χ0v) is 23.4. The molecule has 0 aromatic heterocycles. The van der Waals surface area contributed by atoms with Gasteiger partial charge in [0.25, 0.3) is 0 Å². The van der Waals surface area contributed by atoms with Crippen LogP contribution in [0.3, 0.4) is 0 Å². The molecular formula is C34H36BP2+. The van der Waals surface area contributed by atoms with Gasteiger partial charge in [-0.05, 0) is 55.1 Å². The second kappa shape index (κ2) is 11.3. The normalized spacial score (nSPS) is 29.4. The zero-order valence-electron chi connectivity index (χ0n) is 21.6. The van der Waals surface area contributed by atoms with E-state index in [-0.39, 0.29) is 7.92 Å². The molecule has 37 heavy (non-hydrogen) atoms. The first-order valence-electron chi connectivity index (χ1n) is 13.9. The van der Waals surface area contributed by atoms with Crippen molar-refractivity contribution >= 4 is 22.6 Å². The summed E-state index contributed by atoms with van der Waals surface area (Å²) in [6, 6.07) is 45.1. The topological polar surface area (TPSA) is 0 Å². The highest BCUT2D eigenvalue weighted by molar-refractivity contribution is 7.98. The Balaban J connectivity index is 1.34. The van der Waals surface area contributed by atoms with Gasteiger partial charge in [0.1, 0.15) is 0 Å². The molecule has 0 spiro atoms. The summed E-state index contributed by atoms with van der Waals surface area (Å²) in [5.41, 5.74) is 8.42. The maximum atomic E-state index is 7.78. The zero-order chi connectivity index (χ0) is 25.1. The quantitative estimate of drug-likeness (QED) is 0.169. The lowest BCUT2D eigenvalue weighted by atomic mass is 10.0. The molecule has 0 nitrogen and oxygen atoms in total. The van der Waals surface area contributed by atoms with Gasteiger partial charge in [0.05, 0.1) is 11.3 Å². The van der Waals surface area contributed by atoms with Gasteiger partial charge in [-0.1, -0.05) is 129 Å². The lowest BCUT2D eigenvalue weighted by molar-refractivity contribution is 0.765. The van der Waals surface area contributed by atoms with E-state index >= 15 is 0 Å². The standard InChI is InChI=1S/C34H36BP2/c35-37(33(29-17-9-3-10-18-29)23-24-34(37)30-19-11-4-12-20-30)26-25-36-31(27-13-5-1-6-14-27)21-22-32(36)28-15-7-2-8-16-28/h1-20,31-34H,21-26H2/q+1/t31-,32?,33-,34?,36?,37?/m1/s1. The Bertz CT molecular complexity index is 1170. The molecule has 0 N–H and O–H groups in total. The van der Waals surface area contributed by atoms with Crippen molar-refractivity contribution in [1.29, 1.82) is 0 Å². The number of rotatable bonds is 7. The van der Waals surface area contributed by atoms with E-state index in [1.165, 1.54) is 49.1 Å². The first kappa shape index (κ1) is 25.1. The number of hydrogen-bond acceptors (Lipinski definition) is 0. The van der Waals surface area contributed by atoms with E-state index < -0.39 is 7.14 Å². The van der Waals surface area contributed by atoms with E-state index in [0.29, 0.717) is 22.6 Å². The van der Waals surface area contributed by atoms with Crippen molar-refractivity contribution in [1.82, 2.24) is 0 Å². The minimum absolute atomic E-state index is 0.201. The summed E-state index contributed by atoms with van der Waals surface area (Å²) >= 11 is 0. The van der Waals surface area contributed by atoms with Gasteiger partial charge in [-0.25, -0.2) is 0 Å². The van der Waals surface area contributed by atoms with E-state index in [4.69, 9.17) is 7.57 Å². The van der Waals surface area contributed by atoms with Crippen LogP contribution in [0, 0.1) is 0 Å². The van der Waals surface area contributed by atoms with Crippen LogP contribution in [0.4, 0.5) is 0 Å². The molecule has 3 heteroatoms. The van der Waals surface area contributed by atoms with Gasteiger partial charge in [0.2, 0.25) is 0 Å². The third-order valence-electron chi connectivity index (χ3n) is 8.87. The summed E-state index contributed by atoms with van der Waals surface area (Å²) in [5, 5.41) is 0. The van der Waals surface area contributed by atoms with Gasteiger partial charge in [0.15, 0.2) is 0 Å². The summed E-state index contributed by atoms with van der Waals surface area (Å²) < 4.78 is 0. The summed E-state index contributed by atoms with van der Waals surface area (Å²) in [5.74, 6) is 0. The van der Waals surface area contributed by atoms with Crippen LogP contribution in [-0.2, 0) is 0 Å². The molecule has 0 saturated carbocycles. The Hall–Kier alpha value is -2.20. The molecular weight excluding hydrogens is 481 g/mol. The molecule has 0 aliphatic carbocycles. The van der Waals surface area contributed by atoms with Crippen LogP contribution in [0.5, 0.6) is 0 Å². The van der Waals surface area contributed by atoms with Crippen LogP contribution in [-0.4, -0.2) is 19.9 Å². The lowest BCUT2D eigenvalue weighted by Gasteiger charge is -2.35. The second-order valence-electron chi connectivity index (χ2n) is 10.8. The van der Waals surface area contributed by atoms with E-state index in [9.17, 15) is 0 Å². The monoisotopic (exact) mass is 517 g/mol. The molecule has 184 valence electrons. The van der Waals surface area contributed by atoms with Crippen LogP contribution in [0.25, 0.3) is 0 Å². The fraction of sp³-hybridized carbons (Fsp3) is 0.294. The largest absolute Gasteiger partial charge is 0.366 e. The Morgan fingerprint density at radius 3 is 1.24 bits per heavy atom. The van der Waals surface area contributed by atoms with Crippen LogP contribution in [0.15, 0.2) is 121 Å². The number of hydrogen-bond donors (Lipinski definition) is 0.